The molecule has 0 bridgehead atoms. The number of nitrogens with one attached hydrogen (secondary N) is 1. The van der Waals surface area contributed by atoms with E-state index in [9.17, 15) is 0 Å². The molecular formula is C11H14BrN3S2. The average molecular weight is 332 g/mol. The minimum Gasteiger partial charge on any atom is -0.308 e. The molecule has 0 aliphatic heterocycles. The quantitative estimate of drug-likeness (QED) is 0.926. The molecule has 0 saturated carbocycles. The van der Waals surface area contributed by atoms with E-state index >= 15 is 0 Å². The lowest BCUT2D eigenvalue weighted by molar-refractivity contribution is 0.678. The molecule has 0 aliphatic rings. The van der Waals surface area contributed by atoms with Crippen molar-refractivity contribution in [1.29, 1.82) is 0 Å². The Labute approximate surface area is 118 Å². The van der Waals surface area contributed by atoms with Crippen LogP contribution in [0.3, 0.4) is 0 Å². The van der Waals surface area contributed by atoms with Gasteiger partial charge in [-0.2, -0.15) is 11.3 Å². The van der Waals surface area contributed by atoms with Crippen LogP contribution in [0, 0.1) is 0 Å². The Bertz CT molecular complexity index is 492. The Hall–Kier alpha value is -0.300. The number of halogens is 1. The molecule has 0 radical (unpaired) electrons. The van der Waals surface area contributed by atoms with E-state index in [4.69, 9.17) is 0 Å². The number of hydrogen-bond donors (Lipinski definition) is 1. The minimum atomic E-state index is 0.174. The first-order chi connectivity index (χ1) is 8.15. The molecule has 1 N–H and O–H groups in total. The third-order valence-electron chi connectivity index (χ3n) is 2.59. The first-order valence-electron chi connectivity index (χ1n) is 5.36. The number of thiophene rings is 1. The fourth-order valence-corrected chi connectivity index (χ4v) is 4.22. The summed E-state index contributed by atoms with van der Waals surface area (Å²) < 4.78 is 5.24. The molecule has 0 amide bonds. The summed E-state index contributed by atoms with van der Waals surface area (Å²) in [6, 6.07) is 0.174. The number of aromatic nitrogens is 2. The zero-order valence-electron chi connectivity index (χ0n) is 9.90. The standard InChI is InChI=1S/C11H14BrN3S2/c1-6(2)9-11(17-15-14-9)10(13-3)7-4-16-5-8(7)12/h4-6,10,13H,1-3H3. The van der Waals surface area contributed by atoms with Crippen LogP contribution in [0.15, 0.2) is 15.2 Å². The molecule has 6 heteroatoms. The van der Waals surface area contributed by atoms with Crippen molar-refractivity contribution in [1.82, 2.24) is 14.9 Å². The summed E-state index contributed by atoms with van der Waals surface area (Å²) in [5, 5.41) is 11.9. The maximum atomic E-state index is 4.24. The Balaban J connectivity index is 2.43. The first-order valence-corrected chi connectivity index (χ1v) is 7.87. The number of nitrogens with zero attached hydrogens (tertiary/aromatic N) is 2. The van der Waals surface area contributed by atoms with Crippen molar-refractivity contribution in [2.75, 3.05) is 7.05 Å². The lowest BCUT2D eigenvalue weighted by Crippen LogP contribution is -2.18. The van der Waals surface area contributed by atoms with Crippen molar-refractivity contribution in [3.05, 3.63) is 31.4 Å². The van der Waals surface area contributed by atoms with Crippen LogP contribution in [-0.2, 0) is 0 Å². The summed E-state index contributed by atoms with van der Waals surface area (Å²) >= 11 is 6.77. The zero-order chi connectivity index (χ0) is 12.4. The van der Waals surface area contributed by atoms with Gasteiger partial charge in [0.15, 0.2) is 0 Å². The van der Waals surface area contributed by atoms with Crippen LogP contribution in [0.4, 0.5) is 0 Å². The molecule has 17 heavy (non-hydrogen) atoms. The Morgan fingerprint density at radius 1 is 1.35 bits per heavy atom. The van der Waals surface area contributed by atoms with Crippen molar-refractivity contribution in [2.45, 2.75) is 25.8 Å². The van der Waals surface area contributed by atoms with Crippen LogP contribution in [-0.4, -0.2) is 16.6 Å². The highest BCUT2D eigenvalue weighted by Gasteiger charge is 2.23. The minimum absolute atomic E-state index is 0.174. The van der Waals surface area contributed by atoms with Crippen LogP contribution in [0.1, 0.15) is 41.9 Å². The number of hydrogen-bond acceptors (Lipinski definition) is 5. The molecule has 2 aromatic heterocycles. The second-order valence-corrected chi connectivity index (χ2v) is 6.46. The highest BCUT2D eigenvalue weighted by molar-refractivity contribution is 9.10. The van der Waals surface area contributed by atoms with E-state index in [2.05, 4.69) is 55.4 Å². The molecule has 1 unspecified atom stereocenters. The van der Waals surface area contributed by atoms with Crippen LogP contribution in [0.25, 0.3) is 0 Å². The molecule has 2 rings (SSSR count). The van der Waals surface area contributed by atoms with E-state index in [1.165, 1.54) is 22.0 Å². The highest BCUT2D eigenvalue weighted by atomic mass is 79.9. The molecule has 2 heterocycles. The Kier molecular flexibility index (Phi) is 4.30. The highest BCUT2D eigenvalue weighted by Crippen LogP contribution is 2.35. The molecule has 0 saturated heterocycles. The third-order valence-corrected chi connectivity index (χ3v) is 5.15. The van der Waals surface area contributed by atoms with Crippen molar-refractivity contribution < 1.29 is 0 Å². The maximum absolute atomic E-state index is 4.24. The van der Waals surface area contributed by atoms with Crippen LogP contribution >= 0.6 is 38.8 Å². The topological polar surface area (TPSA) is 37.8 Å². The third kappa shape index (κ3) is 2.59. The smallest absolute Gasteiger partial charge is 0.0832 e. The Morgan fingerprint density at radius 2 is 2.12 bits per heavy atom. The molecule has 92 valence electrons. The monoisotopic (exact) mass is 331 g/mol. The molecule has 0 aromatic carbocycles. The number of rotatable bonds is 4. The SMILES string of the molecule is CNC(c1cscc1Br)c1snnc1C(C)C. The van der Waals surface area contributed by atoms with Gasteiger partial charge in [0.25, 0.3) is 0 Å². The van der Waals surface area contributed by atoms with Gasteiger partial charge < -0.3 is 5.32 Å². The van der Waals surface area contributed by atoms with Crippen molar-refractivity contribution in [2.24, 2.45) is 0 Å². The lowest BCUT2D eigenvalue weighted by atomic mass is 10.0. The second kappa shape index (κ2) is 5.56. The largest absolute Gasteiger partial charge is 0.308 e. The Morgan fingerprint density at radius 3 is 2.65 bits per heavy atom. The van der Waals surface area contributed by atoms with Gasteiger partial charge in [0.2, 0.25) is 0 Å². The van der Waals surface area contributed by atoms with Crippen LogP contribution in [0.2, 0.25) is 0 Å². The molecule has 0 spiro atoms. The van der Waals surface area contributed by atoms with Gasteiger partial charge in [-0.05, 0) is 51.4 Å². The summed E-state index contributed by atoms with van der Waals surface area (Å²) in [6.07, 6.45) is 0. The second-order valence-electron chi connectivity index (χ2n) is 4.07. The zero-order valence-corrected chi connectivity index (χ0v) is 13.1. The van der Waals surface area contributed by atoms with E-state index in [1.807, 2.05) is 7.05 Å². The van der Waals surface area contributed by atoms with E-state index in [0.29, 0.717) is 5.92 Å². The van der Waals surface area contributed by atoms with Crippen molar-refractivity contribution in [3.8, 4) is 0 Å². The molecule has 3 nitrogen and oxygen atoms in total. The van der Waals surface area contributed by atoms with Gasteiger partial charge in [0, 0.05) is 9.85 Å². The van der Waals surface area contributed by atoms with Crippen molar-refractivity contribution >= 4 is 38.8 Å². The van der Waals surface area contributed by atoms with E-state index in [1.54, 1.807) is 11.3 Å². The predicted octanol–water partition coefficient (Wildman–Crippen LogP) is 3.79. The summed E-state index contributed by atoms with van der Waals surface area (Å²) in [5.41, 5.74) is 2.35. The van der Waals surface area contributed by atoms with E-state index < -0.39 is 0 Å². The van der Waals surface area contributed by atoms with Crippen LogP contribution < -0.4 is 5.32 Å². The first kappa shape index (κ1) is 13.1. The molecule has 1 atom stereocenters. The van der Waals surface area contributed by atoms with Crippen LogP contribution in [0.5, 0.6) is 0 Å². The summed E-state index contributed by atoms with van der Waals surface area (Å²) in [5.74, 6) is 0.400. The van der Waals surface area contributed by atoms with Gasteiger partial charge in [-0.15, -0.1) is 5.10 Å². The van der Waals surface area contributed by atoms with Crippen molar-refractivity contribution in [3.63, 3.8) is 0 Å². The molecule has 0 aliphatic carbocycles. The predicted molar refractivity (Wildman–Crippen MR) is 76.9 cm³/mol. The van der Waals surface area contributed by atoms with Gasteiger partial charge in [-0.25, -0.2) is 0 Å². The molecular weight excluding hydrogens is 318 g/mol. The fourth-order valence-electron chi connectivity index (χ4n) is 1.73. The average Bonchev–Trinajstić information content (AvgIpc) is 2.90. The summed E-state index contributed by atoms with van der Waals surface area (Å²) in [4.78, 5) is 1.21. The van der Waals surface area contributed by atoms with Gasteiger partial charge in [-0.3, -0.25) is 0 Å². The maximum Gasteiger partial charge on any atom is 0.0832 e. The molecule has 2 aromatic rings. The summed E-state index contributed by atoms with van der Waals surface area (Å²) in [7, 11) is 1.97. The molecule has 0 fully saturated rings. The van der Waals surface area contributed by atoms with E-state index in [0.717, 1.165) is 10.2 Å². The van der Waals surface area contributed by atoms with E-state index in [-0.39, 0.29) is 6.04 Å². The van der Waals surface area contributed by atoms with Gasteiger partial charge in [0.05, 0.1) is 16.6 Å². The normalized spacial score (nSPS) is 13.2. The lowest BCUT2D eigenvalue weighted by Gasteiger charge is -2.16. The fraction of sp³-hybridized carbons (Fsp3) is 0.455. The summed E-state index contributed by atoms with van der Waals surface area (Å²) in [6.45, 7) is 4.30. The van der Waals surface area contributed by atoms with Gasteiger partial charge >= 0.3 is 0 Å². The van der Waals surface area contributed by atoms with Gasteiger partial charge in [0.1, 0.15) is 0 Å². The van der Waals surface area contributed by atoms with Gasteiger partial charge in [-0.1, -0.05) is 18.3 Å².